The lowest BCUT2D eigenvalue weighted by molar-refractivity contribution is -0.203. The van der Waals surface area contributed by atoms with Crippen LogP contribution in [0.1, 0.15) is 19.8 Å². The molecule has 8 nitrogen and oxygen atoms in total. The molecule has 4 N–H and O–H groups in total. The van der Waals surface area contributed by atoms with Crippen LogP contribution in [0.25, 0.3) is 0 Å². The first kappa shape index (κ1) is 16.7. The molecule has 0 bridgehead atoms. The van der Waals surface area contributed by atoms with Gasteiger partial charge in [-0.2, -0.15) is 13.2 Å². The monoisotopic (exact) mass is 311 g/mol. The van der Waals surface area contributed by atoms with E-state index >= 15 is 0 Å². The third kappa shape index (κ3) is 3.61. The van der Waals surface area contributed by atoms with Crippen molar-refractivity contribution < 1.29 is 37.5 Å². The molecule has 1 aliphatic heterocycles. The molecule has 0 aromatic carbocycles. The Bertz CT molecular complexity index is 493. The third-order valence-corrected chi connectivity index (χ3v) is 2.90. The van der Waals surface area contributed by atoms with E-state index < -0.39 is 41.6 Å². The van der Waals surface area contributed by atoms with Crippen molar-refractivity contribution in [2.24, 2.45) is 0 Å². The standard InChI is InChI=1S/C10H12F3N3O5/c1-9(7(19)20,10(11,12)13)16-8(21)14-4-2-3-5(17)15-6(4)18/h4H,2-3H2,1H3,(H,19,20)(H2,14,16,21)(H,15,17,18). The van der Waals surface area contributed by atoms with Gasteiger partial charge in [-0.3, -0.25) is 14.9 Å². The quantitative estimate of drug-likeness (QED) is 0.523. The summed E-state index contributed by atoms with van der Waals surface area (Å²) in [5, 5.41) is 13.7. The highest BCUT2D eigenvalue weighted by Gasteiger charge is 2.58. The third-order valence-electron chi connectivity index (χ3n) is 2.90. The number of hydrogen-bond donors (Lipinski definition) is 4. The minimum Gasteiger partial charge on any atom is -0.479 e. The van der Waals surface area contributed by atoms with Crippen LogP contribution in [0.5, 0.6) is 0 Å². The number of carbonyl (C=O) groups is 4. The molecular weight excluding hydrogens is 299 g/mol. The van der Waals surface area contributed by atoms with E-state index in [1.165, 1.54) is 5.32 Å². The van der Waals surface area contributed by atoms with Crippen LogP contribution in [0.15, 0.2) is 0 Å². The van der Waals surface area contributed by atoms with Crippen LogP contribution in [-0.4, -0.2) is 46.7 Å². The molecule has 2 unspecified atom stereocenters. The number of carbonyl (C=O) groups excluding carboxylic acids is 3. The van der Waals surface area contributed by atoms with Crippen LogP contribution in [-0.2, 0) is 14.4 Å². The lowest BCUT2D eigenvalue weighted by Gasteiger charge is -2.30. The van der Waals surface area contributed by atoms with Crippen LogP contribution in [0.3, 0.4) is 0 Å². The van der Waals surface area contributed by atoms with Crippen LogP contribution in [0.2, 0.25) is 0 Å². The van der Waals surface area contributed by atoms with Gasteiger partial charge in [-0.1, -0.05) is 0 Å². The van der Waals surface area contributed by atoms with Gasteiger partial charge in [0.2, 0.25) is 17.4 Å². The maximum Gasteiger partial charge on any atom is 0.422 e. The van der Waals surface area contributed by atoms with Crippen LogP contribution < -0.4 is 16.0 Å². The molecule has 11 heteroatoms. The fraction of sp³-hybridized carbons (Fsp3) is 0.600. The van der Waals surface area contributed by atoms with Gasteiger partial charge in [0.25, 0.3) is 0 Å². The van der Waals surface area contributed by atoms with Gasteiger partial charge in [0.1, 0.15) is 6.04 Å². The predicted octanol–water partition coefficient (Wildman–Crippen LogP) is -0.504. The van der Waals surface area contributed by atoms with E-state index in [4.69, 9.17) is 5.11 Å². The highest BCUT2D eigenvalue weighted by atomic mass is 19.4. The van der Waals surface area contributed by atoms with Crippen molar-refractivity contribution in [3.8, 4) is 0 Å². The van der Waals surface area contributed by atoms with Crippen molar-refractivity contribution in [3.63, 3.8) is 0 Å². The largest absolute Gasteiger partial charge is 0.479 e. The van der Waals surface area contributed by atoms with E-state index in [0.29, 0.717) is 0 Å². The van der Waals surface area contributed by atoms with Gasteiger partial charge >= 0.3 is 18.2 Å². The Labute approximate surface area is 116 Å². The maximum atomic E-state index is 12.7. The second kappa shape index (κ2) is 5.58. The van der Waals surface area contributed by atoms with E-state index in [-0.39, 0.29) is 19.8 Å². The molecule has 0 aromatic rings. The summed E-state index contributed by atoms with van der Waals surface area (Å²) in [5.41, 5.74) is -3.50. The predicted molar refractivity (Wildman–Crippen MR) is 59.9 cm³/mol. The van der Waals surface area contributed by atoms with E-state index in [1.54, 1.807) is 0 Å². The Morgan fingerprint density at radius 2 is 1.90 bits per heavy atom. The molecule has 1 saturated heterocycles. The van der Waals surface area contributed by atoms with Gasteiger partial charge in [0, 0.05) is 6.42 Å². The summed E-state index contributed by atoms with van der Waals surface area (Å²) in [5.74, 6) is -3.73. The number of urea groups is 1. The minimum absolute atomic E-state index is 0.0894. The lowest BCUT2D eigenvalue weighted by Crippen LogP contribution is -2.65. The summed E-state index contributed by atoms with van der Waals surface area (Å²) in [6.07, 6.45) is -5.42. The Balaban J connectivity index is 2.74. The average molecular weight is 311 g/mol. The zero-order chi connectivity index (χ0) is 16.4. The fourth-order valence-electron chi connectivity index (χ4n) is 1.50. The van der Waals surface area contributed by atoms with E-state index in [2.05, 4.69) is 0 Å². The molecule has 0 spiro atoms. The number of carboxylic acid groups (broad SMARTS) is 1. The van der Waals surface area contributed by atoms with E-state index in [0.717, 1.165) is 0 Å². The Morgan fingerprint density at radius 1 is 1.33 bits per heavy atom. The summed E-state index contributed by atoms with van der Waals surface area (Å²) in [7, 11) is 0. The van der Waals surface area contributed by atoms with Crippen molar-refractivity contribution in [2.75, 3.05) is 0 Å². The number of alkyl halides is 3. The van der Waals surface area contributed by atoms with Gasteiger partial charge in [-0.05, 0) is 13.3 Å². The highest BCUT2D eigenvalue weighted by Crippen LogP contribution is 2.30. The van der Waals surface area contributed by atoms with Crippen LogP contribution >= 0.6 is 0 Å². The van der Waals surface area contributed by atoms with Crippen LogP contribution in [0, 0.1) is 0 Å². The summed E-state index contributed by atoms with van der Waals surface area (Å²) in [4.78, 5) is 44.4. The van der Waals surface area contributed by atoms with Gasteiger partial charge in [0.05, 0.1) is 0 Å². The van der Waals surface area contributed by atoms with E-state index in [9.17, 15) is 32.3 Å². The first-order chi connectivity index (χ1) is 9.47. The molecule has 0 radical (unpaired) electrons. The van der Waals surface area contributed by atoms with Gasteiger partial charge in [-0.15, -0.1) is 0 Å². The first-order valence-electron chi connectivity index (χ1n) is 5.70. The highest BCUT2D eigenvalue weighted by molar-refractivity contribution is 6.01. The molecule has 1 rings (SSSR count). The van der Waals surface area contributed by atoms with Crippen LogP contribution in [0.4, 0.5) is 18.0 Å². The maximum absolute atomic E-state index is 12.7. The summed E-state index contributed by atoms with van der Waals surface area (Å²) < 4.78 is 38.0. The number of amides is 4. The Kier molecular flexibility index (Phi) is 4.44. The van der Waals surface area contributed by atoms with E-state index in [1.807, 2.05) is 10.6 Å². The van der Waals surface area contributed by atoms with Crippen molar-refractivity contribution in [3.05, 3.63) is 0 Å². The van der Waals surface area contributed by atoms with Crippen molar-refractivity contribution in [1.82, 2.24) is 16.0 Å². The zero-order valence-electron chi connectivity index (χ0n) is 10.7. The number of nitrogens with one attached hydrogen (secondary N) is 3. The SMILES string of the molecule is CC(NC(=O)NC1CCC(=O)NC1=O)(C(=O)O)C(F)(F)F. The second-order valence-corrected chi connectivity index (χ2v) is 4.53. The fourth-order valence-corrected chi connectivity index (χ4v) is 1.50. The molecule has 0 aromatic heterocycles. The topological polar surface area (TPSA) is 125 Å². The Hall–Kier alpha value is -2.33. The molecule has 0 saturated carbocycles. The molecular formula is C10H12F3N3O5. The number of piperidine rings is 1. The lowest BCUT2D eigenvalue weighted by atomic mass is 10.0. The molecule has 2 atom stereocenters. The molecule has 4 amide bonds. The average Bonchev–Trinajstić information content (AvgIpc) is 2.31. The number of imide groups is 1. The summed E-state index contributed by atoms with van der Waals surface area (Å²) >= 11 is 0. The van der Waals surface area contributed by atoms with Crippen molar-refractivity contribution in [2.45, 2.75) is 37.5 Å². The second-order valence-electron chi connectivity index (χ2n) is 4.53. The number of halogens is 3. The van der Waals surface area contributed by atoms with Gasteiger partial charge in [0.15, 0.2) is 0 Å². The summed E-state index contributed by atoms with van der Waals surface area (Å²) in [6, 6.07) is -2.69. The van der Waals surface area contributed by atoms with Crippen molar-refractivity contribution in [1.29, 1.82) is 0 Å². The summed E-state index contributed by atoms with van der Waals surface area (Å²) in [6.45, 7) is 0.277. The Morgan fingerprint density at radius 3 is 2.33 bits per heavy atom. The minimum atomic E-state index is -5.24. The molecule has 1 fully saturated rings. The molecule has 118 valence electrons. The van der Waals surface area contributed by atoms with Crippen molar-refractivity contribution >= 4 is 23.8 Å². The number of hydrogen-bond acceptors (Lipinski definition) is 4. The van der Waals surface area contributed by atoms with Gasteiger partial charge < -0.3 is 15.7 Å². The van der Waals surface area contributed by atoms with Gasteiger partial charge in [-0.25, -0.2) is 9.59 Å². The smallest absolute Gasteiger partial charge is 0.422 e. The zero-order valence-corrected chi connectivity index (χ0v) is 10.7. The molecule has 21 heavy (non-hydrogen) atoms. The first-order valence-corrected chi connectivity index (χ1v) is 5.70. The number of rotatable bonds is 3. The normalized spacial score (nSPS) is 22.0. The molecule has 1 aliphatic rings. The molecule has 1 heterocycles. The molecule has 0 aliphatic carbocycles. The number of carboxylic acids is 1. The number of aliphatic carboxylic acids is 1.